The topological polar surface area (TPSA) is 58.6 Å². The Morgan fingerprint density at radius 2 is 1.81 bits per heavy atom. The number of piperidine rings is 1. The Bertz CT molecular complexity index is 956. The molecule has 4 rings (SSSR count). The zero-order valence-corrected chi connectivity index (χ0v) is 18.8. The van der Waals surface area contributed by atoms with Gasteiger partial charge in [-0.2, -0.15) is 0 Å². The van der Waals surface area contributed by atoms with Crippen LogP contribution in [0.2, 0.25) is 10.0 Å². The average Bonchev–Trinajstić information content (AvgIpc) is 2.78. The Labute approximate surface area is 192 Å². The number of hydrogen-bond acceptors (Lipinski definition) is 3. The minimum Gasteiger partial charge on any atom is -0.381 e. The van der Waals surface area contributed by atoms with Crippen LogP contribution in [-0.4, -0.2) is 38.1 Å². The first-order valence-corrected chi connectivity index (χ1v) is 11.5. The summed E-state index contributed by atoms with van der Waals surface area (Å²) in [5.41, 5.74) is 2.10. The molecule has 2 fully saturated rings. The smallest absolute Gasteiger partial charge is 0.251 e. The van der Waals surface area contributed by atoms with Crippen LogP contribution in [0.3, 0.4) is 0 Å². The molecule has 31 heavy (non-hydrogen) atoms. The summed E-state index contributed by atoms with van der Waals surface area (Å²) in [6.45, 7) is 2.43. The van der Waals surface area contributed by atoms with E-state index in [1.54, 1.807) is 23.1 Å². The standard InChI is InChI=1S/C24H26Cl2N2O3/c25-18-6-9-20(21(26)15-18)24(10-13-31-14-11-24)16-27-23(30)17-4-7-19(8-5-17)28-12-2-1-3-22(28)29/h4-9,15H,1-3,10-14,16H2,(H,27,30). The summed E-state index contributed by atoms with van der Waals surface area (Å²) in [6.07, 6.45) is 4.07. The number of rotatable bonds is 5. The Kier molecular flexibility index (Phi) is 6.85. The zero-order valence-electron chi connectivity index (χ0n) is 17.3. The Morgan fingerprint density at radius 1 is 1.06 bits per heavy atom. The largest absolute Gasteiger partial charge is 0.381 e. The van der Waals surface area contributed by atoms with Crippen LogP contribution in [0.4, 0.5) is 5.69 Å². The number of nitrogens with zero attached hydrogens (tertiary/aromatic N) is 1. The molecule has 0 spiro atoms. The van der Waals surface area contributed by atoms with Crippen LogP contribution in [0, 0.1) is 0 Å². The molecule has 0 saturated carbocycles. The van der Waals surface area contributed by atoms with Gasteiger partial charge in [0.1, 0.15) is 0 Å². The van der Waals surface area contributed by atoms with Crippen molar-refractivity contribution in [2.24, 2.45) is 0 Å². The molecule has 2 saturated heterocycles. The number of hydrogen-bond donors (Lipinski definition) is 1. The van der Waals surface area contributed by atoms with Crippen molar-refractivity contribution in [1.29, 1.82) is 0 Å². The number of benzene rings is 2. The molecule has 0 unspecified atom stereocenters. The predicted molar refractivity (Wildman–Crippen MR) is 123 cm³/mol. The van der Waals surface area contributed by atoms with E-state index in [-0.39, 0.29) is 17.2 Å². The van der Waals surface area contributed by atoms with E-state index in [9.17, 15) is 9.59 Å². The van der Waals surface area contributed by atoms with Gasteiger partial charge >= 0.3 is 0 Å². The first-order chi connectivity index (χ1) is 15.0. The molecule has 2 aromatic carbocycles. The van der Waals surface area contributed by atoms with Gasteiger partial charge < -0.3 is 15.0 Å². The number of ether oxygens (including phenoxy) is 1. The molecule has 0 atom stereocenters. The van der Waals surface area contributed by atoms with Crippen LogP contribution in [0.15, 0.2) is 42.5 Å². The maximum Gasteiger partial charge on any atom is 0.251 e. The van der Waals surface area contributed by atoms with Gasteiger partial charge in [0, 0.05) is 59.4 Å². The van der Waals surface area contributed by atoms with Crippen LogP contribution >= 0.6 is 23.2 Å². The maximum absolute atomic E-state index is 12.9. The minimum atomic E-state index is -0.296. The van der Waals surface area contributed by atoms with E-state index in [0.717, 1.165) is 43.5 Å². The van der Waals surface area contributed by atoms with Gasteiger partial charge in [-0.3, -0.25) is 9.59 Å². The normalized spacial score (nSPS) is 18.6. The summed E-state index contributed by atoms with van der Waals surface area (Å²) in [6, 6.07) is 12.8. The van der Waals surface area contributed by atoms with Crippen molar-refractivity contribution in [3.8, 4) is 0 Å². The lowest BCUT2D eigenvalue weighted by Crippen LogP contribution is -2.44. The highest BCUT2D eigenvalue weighted by atomic mass is 35.5. The minimum absolute atomic E-state index is 0.143. The second-order valence-electron chi connectivity index (χ2n) is 8.25. The second kappa shape index (κ2) is 9.60. The third-order valence-electron chi connectivity index (χ3n) is 6.30. The third kappa shape index (κ3) is 4.89. The van der Waals surface area contributed by atoms with Crippen LogP contribution in [0.25, 0.3) is 0 Å². The molecule has 0 radical (unpaired) electrons. The van der Waals surface area contributed by atoms with E-state index >= 15 is 0 Å². The number of nitrogens with one attached hydrogen (secondary N) is 1. The van der Waals surface area contributed by atoms with Gasteiger partial charge in [0.05, 0.1) is 0 Å². The van der Waals surface area contributed by atoms with Crippen LogP contribution in [0.1, 0.15) is 48.0 Å². The fourth-order valence-electron chi connectivity index (χ4n) is 4.45. The third-order valence-corrected chi connectivity index (χ3v) is 6.85. The molecule has 5 nitrogen and oxygen atoms in total. The highest BCUT2D eigenvalue weighted by molar-refractivity contribution is 6.35. The Morgan fingerprint density at radius 3 is 2.48 bits per heavy atom. The molecular weight excluding hydrogens is 435 g/mol. The van der Waals surface area contributed by atoms with E-state index in [4.69, 9.17) is 27.9 Å². The van der Waals surface area contributed by atoms with Gasteiger partial charge in [0.15, 0.2) is 0 Å². The van der Waals surface area contributed by atoms with Crippen molar-refractivity contribution in [3.05, 3.63) is 63.6 Å². The number of carbonyl (C=O) groups is 2. The van der Waals surface area contributed by atoms with Gasteiger partial charge in [-0.05, 0) is 67.6 Å². The second-order valence-corrected chi connectivity index (χ2v) is 9.09. The number of amides is 2. The highest BCUT2D eigenvalue weighted by Crippen LogP contribution is 2.39. The van der Waals surface area contributed by atoms with Gasteiger partial charge in [-0.15, -0.1) is 0 Å². The Hall–Kier alpha value is -2.08. The zero-order chi connectivity index (χ0) is 21.8. The first kappa shape index (κ1) is 22.1. The molecule has 7 heteroatoms. The molecular formula is C24H26Cl2N2O3. The number of anilines is 1. The maximum atomic E-state index is 12.9. The molecule has 2 aliphatic heterocycles. The van der Waals surface area contributed by atoms with E-state index < -0.39 is 0 Å². The lowest BCUT2D eigenvalue weighted by Gasteiger charge is -2.38. The molecule has 2 aliphatic rings. The molecule has 0 bridgehead atoms. The molecule has 1 N–H and O–H groups in total. The van der Waals surface area contributed by atoms with Gasteiger partial charge in [0.25, 0.3) is 5.91 Å². The van der Waals surface area contributed by atoms with Crippen molar-refractivity contribution in [2.45, 2.75) is 37.5 Å². The predicted octanol–water partition coefficient (Wildman–Crippen LogP) is 4.99. The van der Waals surface area contributed by atoms with E-state index in [2.05, 4.69) is 5.32 Å². The van der Waals surface area contributed by atoms with Crippen molar-refractivity contribution < 1.29 is 14.3 Å². The van der Waals surface area contributed by atoms with Gasteiger partial charge in [0.2, 0.25) is 5.91 Å². The lowest BCUT2D eigenvalue weighted by atomic mass is 9.74. The van der Waals surface area contributed by atoms with Gasteiger partial charge in [-0.1, -0.05) is 29.3 Å². The fourth-order valence-corrected chi connectivity index (χ4v) is 5.06. The van der Waals surface area contributed by atoms with Crippen LogP contribution in [0.5, 0.6) is 0 Å². The molecule has 2 aromatic rings. The number of halogens is 2. The van der Waals surface area contributed by atoms with Crippen molar-refractivity contribution in [1.82, 2.24) is 5.32 Å². The summed E-state index contributed by atoms with van der Waals surface area (Å²) >= 11 is 12.6. The van der Waals surface area contributed by atoms with Gasteiger partial charge in [-0.25, -0.2) is 0 Å². The molecule has 2 amide bonds. The van der Waals surface area contributed by atoms with Crippen molar-refractivity contribution in [3.63, 3.8) is 0 Å². The van der Waals surface area contributed by atoms with E-state index in [1.165, 1.54) is 0 Å². The van der Waals surface area contributed by atoms with Crippen molar-refractivity contribution >= 4 is 40.7 Å². The first-order valence-electron chi connectivity index (χ1n) is 10.7. The summed E-state index contributed by atoms with van der Waals surface area (Å²) in [5.74, 6) is -0.00257. The quantitative estimate of drug-likeness (QED) is 0.683. The fraction of sp³-hybridized carbons (Fsp3) is 0.417. The SMILES string of the molecule is O=C(NCC1(c2ccc(Cl)cc2Cl)CCOCC1)c1ccc(N2CCCCC2=O)cc1. The summed E-state index contributed by atoms with van der Waals surface area (Å²) < 4.78 is 5.57. The molecule has 0 aliphatic carbocycles. The summed E-state index contributed by atoms with van der Waals surface area (Å²) in [7, 11) is 0. The molecule has 2 heterocycles. The van der Waals surface area contributed by atoms with E-state index in [0.29, 0.717) is 41.8 Å². The lowest BCUT2D eigenvalue weighted by molar-refractivity contribution is -0.119. The Balaban J connectivity index is 1.47. The molecule has 164 valence electrons. The monoisotopic (exact) mass is 460 g/mol. The molecule has 0 aromatic heterocycles. The number of carbonyl (C=O) groups excluding carboxylic acids is 2. The summed E-state index contributed by atoms with van der Waals surface area (Å²) in [5, 5.41) is 4.29. The van der Waals surface area contributed by atoms with Crippen LogP contribution in [-0.2, 0) is 14.9 Å². The van der Waals surface area contributed by atoms with E-state index in [1.807, 2.05) is 24.3 Å². The summed E-state index contributed by atoms with van der Waals surface area (Å²) in [4.78, 5) is 26.8. The van der Waals surface area contributed by atoms with Crippen LogP contribution < -0.4 is 10.2 Å². The average molecular weight is 461 g/mol. The van der Waals surface area contributed by atoms with Crippen molar-refractivity contribution in [2.75, 3.05) is 31.2 Å². The highest BCUT2D eigenvalue weighted by Gasteiger charge is 2.36.